The first-order chi connectivity index (χ1) is 9.70. The molecule has 0 aliphatic carbocycles. The Bertz CT molecular complexity index is 757. The van der Waals surface area contributed by atoms with E-state index in [4.69, 9.17) is 5.26 Å². The third-order valence-electron chi connectivity index (χ3n) is 2.57. The Morgan fingerprint density at radius 2 is 1.71 bits per heavy atom. The van der Waals surface area contributed by atoms with Crippen molar-refractivity contribution >= 4 is 25.6 Å². The molecule has 0 saturated carbocycles. The van der Waals surface area contributed by atoms with Crippen LogP contribution >= 0.6 is 0 Å². The predicted molar refractivity (Wildman–Crippen MR) is 73.9 cm³/mol. The van der Waals surface area contributed by atoms with E-state index in [2.05, 4.69) is 4.74 Å². The zero-order chi connectivity index (χ0) is 16.1. The molecule has 1 aromatic carbocycles. The second kappa shape index (κ2) is 6.69. The van der Waals surface area contributed by atoms with Crippen LogP contribution in [0.1, 0.15) is 5.56 Å². The van der Waals surface area contributed by atoms with Crippen LogP contribution in [0.5, 0.6) is 0 Å². The van der Waals surface area contributed by atoms with Crippen LogP contribution in [0.25, 0.3) is 0 Å². The Morgan fingerprint density at radius 3 is 2.19 bits per heavy atom. The van der Waals surface area contributed by atoms with Crippen LogP contribution in [0, 0.1) is 11.3 Å². The number of nitrogens with zero attached hydrogens (tertiary/aromatic N) is 1. The van der Waals surface area contributed by atoms with Crippen molar-refractivity contribution in [2.45, 2.75) is 4.90 Å². The van der Waals surface area contributed by atoms with Gasteiger partial charge in [-0.15, -0.1) is 0 Å². The molecule has 21 heavy (non-hydrogen) atoms. The van der Waals surface area contributed by atoms with Crippen molar-refractivity contribution in [3.8, 4) is 6.07 Å². The molecule has 0 aliphatic heterocycles. The fraction of sp³-hybridized carbons (Fsp3) is 0.333. The second-order valence-corrected chi connectivity index (χ2v) is 8.42. The first-order valence-corrected chi connectivity index (χ1v) is 9.18. The van der Waals surface area contributed by atoms with Gasteiger partial charge in [0, 0.05) is 0 Å². The van der Waals surface area contributed by atoms with Crippen LogP contribution in [0.2, 0.25) is 0 Å². The molecule has 7 nitrogen and oxygen atoms in total. The molecule has 0 N–H and O–H groups in total. The lowest BCUT2D eigenvalue weighted by Crippen LogP contribution is -2.24. The van der Waals surface area contributed by atoms with Gasteiger partial charge in [-0.1, -0.05) is 0 Å². The number of esters is 1. The van der Waals surface area contributed by atoms with Crippen molar-refractivity contribution in [3.63, 3.8) is 0 Å². The summed E-state index contributed by atoms with van der Waals surface area (Å²) in [4.78, 5) is 10.8. The predicted octanol–water partition coefficient (Wildman–Crippen LogP) is -0.0802. The molecule has 0 amide bonds. The van der Waals surface area contributed by atoms with Crippen LogP contribution < -0.4 is 0 Å². The van der Waals surface area contributed by atoms with Gasteiger partial charge < -0.3 is 4.74 Å². The number of sulfone groups is 2. The standard InChI is InChI=1S/C12H13NO6S2/c1-19-12(14)9-20(15,16)6-7-21(17,18)11-4-2-10(8-13)3-5-11/h2-5H,6-7,9H2,1H3. The fourth-order valence-electron chi connectivity index (χ4n) is 1.40. The monoisotopic (exact) mass is 331 g/mol. The molecule has 0 heterocycles. The van der Waals surface area contributed by atoms with E-state index < -0.39 is 42.9 Å². The first kappa shape index (κ1) is 17.1. The van der Waals surface area contributed by atoms with Crippen molar-refractivity contribution in [1.29, 1.82) is 5.26 Å². The molecular formula is C12H13NO6S2. The summed E-state index contributed by atoms with van der Waals surface area (Å²) in [6.07, 6.45) is 0. The van der Waals surface area contributed by atoms with E-state index in [1.807, 2.05) is 6.07 Å². The molecule has 0 atom stereocenters. The smallest absolute Gasteiger partial charge is 0.320 e. The highest BCUT2D eigenvalue weighted by molar-refractivity contribution is 7.95. The van der Waals surface area contributed by atoms with Gasteiger partial charge in [-0.05, 0) is 24.3 Å². The number of carbonyl (C=O) groups excluding carboxylic acids is 1. The minimum Gasteiger partial charge on any atom is -0.468 e. The molecule has 114 valence electrons. The number of hydrogen-bond donors (Lipinski definition) is 0. The molecule has 0 spiro atoms. The second-order valence-electron chi connectivity index (χ2n) is 4.12. The van der Waals surface area contributed by atoms with E-state index in [9.17, 15) is 21.6 Å². The van der Waals surface area contributed by atoms with Gasteiger partial charge in [0.1, 0.15) is 5.75 Å². The molecule has 0 unspecified atom stereocenters. The van der Waals surface area contributed by atoms with Crippen molar-refractivity contribution in [2.24, 2.45) is 0 Å². The molecule has 1 rings (SSSR count). The Labute approximate surface area is 123 Å². The lowest BCUT2D eigenvalue weighted by atomic mass is 10.2. The van der Waals surface area contributed by atoms with Crippen LogP contribution in [0.4, 0.5) is 0 Å². The van der Waals surface area contributed by atoms with E-state index >= 15 is 0 Å². The Kier molecular flexibility index (Phi) is 5.46. The number of nitriles is 1. The number of ether oxygens (including phenoxy) is 1. The molecule has 0 aliphatic rings. The van der Waals surface area contributed by atoms with E-state index in [-0.39, 0.29) is 4.90 Å². The quantitative estimate of drug-likeness (QED) is 0.669. The van der Waals surface area contributed by atoms with E-state index in [0.29, 0.717) is 5.56 Å². The first-order valence-electron chi connectivity index (χ1n) is 5.70. The normalized spacial score (nSPS) is 11.6. The zero-order valence-corrected chi connectivity index (χ0v) is 12.8. The Hall–Kier alpha value is -1.92. The Morgan fingerprint density at radius 1 is 1.14 bits per heavy atom. The topological polar surface area (TPSA) is 118 Å². The van der Waals surface area contributed by atoms with E-state index in [1.54, 1.807) is 0 Å². The van der Waals surface area contributed by atoms with Gasteiger partial charge in [-0.25, -0.2) is 16.8 Å². The molecule has 0 radical (unpaired) electrons. The minimum atomic E-state index is -3.85. The lowest BCUT2D eigenvalue weighted by molar-refractivity contribution is -0.137. The summed E-state index contributed by atoms with van der Waals surface area (Å²) in [6, 6.07) is 6.98. The molecular weight excluding hydrogens is 318 g/mol. The fourth-order valence-corrected chi connectivity index (χ4v) is 4.70. The van der Waals surface area contributed by atoms with Gasteiger partial charge in [-0.3, -0.25) is 4.79 Å². The maximum absolute atomic E-state index is 12.0. The molecule has 0 bridgehead atoms. The maximum atomic E-state index is 12.0. The third-order valence-corrected chi connectivity index (χ3v) is 6.06. The van der Waals surface area contributed by atoms with Gasteiger partial charge in [0.15, 0.2) is 19.7 Å². The summed E-state index contributed by atoms with van der Waals surface area (Å²) in [6.45, 7) is 0. The largest absolute Gasteiger partial charge is 0.468 e. The maximum Gasteiger partial charge on any atom is 0.320 e. The highest BCUT2D eigenvalue weighted by atomic mass is 32.2. The van der Waals surface area contributed by atoms with Crippen molar-refractivity contribution in [2.75, 3.05) is 24.4 Å². The zero-order valence-electron chi connectivity index (χ0n) is 11.1. The van der Waals surface area contributed by atoms with Crippen molar-refractivity contribution in [1.82, 2.24) is 0 Å². The highest BCUT2D eigenvalue weighted by Gasteiger charge is 2.22. The molecule has 0 saturated heterocycles. The average molecular weight is 331 g/mol. The van der Waals surface area contributed by atoms with Gasteiger partial charge in [-0.2, -0.15) is 5.26 Å². The number of carbonyl (C=O) groups is 1. The van der Waals surface area contributed by atoms with Crippen LogP contribution in [-0.4, -0.2) is 47.2 Å². The summed E-state index contributed by atoms with van der Waals surface area (Å²) in [5.74, 6) is -3.11. The summed E-state index contributed by atoms with van der Waals surface area (Å²) >= 11 is 0. The van der Waals surface area contributed by atoms with Gasteiger partial charge in [0.25, 0.3) is 0 Å². The number of benzene rings is 1. The van der Waals surface area contributed by atoms with E-state index in [1.165, 1.54) is 24.3 Å². The third kappa shape index (κ3) is 5.17. The van der Waals surface area contributed by atoms with Gasteiger partial charge in [0.2, 0.25) is 0 Å². The molecule has 9 heteroatoms. The summed E-state index contributed by atoms with van der Waals surface area (Å²) in [5, 5.41) is 8.63. The minimum absolute atomic E-state index is 0.0743. The lowest BCUT2D eigenvalue weighted by Gasteiger charge is -2.05. The SMILES string of the molecule is COC(=O)CS(=O)(=O)CCS(=O)(=O)c1ccc(C#N)cc1. The van der Waals surface area contributed by atoms with Crippen molar-refractivity contribution in [3.05, 3.63) is 29.8 Å². The molecule has 0 aromatic heterocycles. The van der Waals surface area contributed by atoms with Gasteiger partial charge in [0.05, 0.1) is 35.1 Å². The average Bonchev–Trinajstić information content (AvgIpc) is 2.45. The number of hydrogen-bond acceptors (Lipinski definition) is 7. The van der Waals surface area contributed by atoms with Crippen LogP contribution in [0.15, 0.2) is 29.2 Å². The highest BCUT2D eigenvalue weighted by Crippen LogP contribution is 2.13. The Balaban J connectivity index is 2.81. The summed E-state index contributed by atoms with van der Waals surface area (Å²) in [5.41, 5.74) is 0.298. The summed E-state index contributed by atoms with van der Waals surface area (Å²) < 4.78 is 51.3. The summed E-state index contributed by atoms with van der Waals surface area (Å²) in [7, 11) is -6.61. The molecule has 0 fully saturated rings. The van der Waals surface area contributed by atoms with Crippen molar-refractivity contribution < 1.29 is 26.4 Å². The number of methoxy groups -OCH3 is 1. The van der Waals surface area contributed by atoms with E-state index in [0.717, 1.165) is 7.11 Å². The molecule has 1 aromatic rings. The van der Waals surface area contributed by atoms with Gasteiger partial charge >= 0.3 is 5.97 Å². The van der Waals surface area contributed by atoms with Crippen LogP contribution in [-0.2, 0) is 29.2 Å². The number of rotatable bonds is 6. The van der Waals surface area contributed by atoms with Crippen LogP contribution in [0.3, 0.4) is 0 Å².